The average Bonchev–Trinajstić information content (AvgIpc) is 3.51. The molecule has 0 unspecified atom stereocenters. The van der Waals surface area contributed by atoms with Gasteiger partial charge in [0.05, 0.1) is 17.1 Å². The van der Waals surface area contributed by atoms with Gasteiger partial charge in [-0.1, -0.05) is 55.3 Å². The highest BCUT2D eigenvalue weighted by molar-refractivity contribution is 6.15. The second-order valence-electron chi connectivity index (χ2n) is 8.56. The molecule has 0 N–H and O–H groups in total. The number of hydrogen-bond donors (Lipinski definition) is 0. The molecule has 34 heavy (non-hydrogen) atoms. The van der Waals surface area contributed by atoms with Crippen LogP contribution in [-0.2, 0) is 12.8 Å². The Morgan fingerprint density at radius 2 is 1.65 bits per heavy atom. The number of ether oxygens (including phenoxy) is 1. The normalized spacial score (nSPS) is 14.6. The fourth-order valence-corrected chi connectivity index (χ4v) is 4.58. The standard InChI is InChI=1S/C27H23F3N2O2/c28-27(29,30)23-12-6-11-22-24(31-32(25(22)23)20-9-4-5-10-20)26(33)19-13-15-21(16-14-19)34-17-18-7-2-1-3-8-18/h1-3,6-8,11-16,20H,4-5,9-10,17H2. The summed E-state index contributed by atoms with van der Waals surface area (Å²) >= 11 is 0. The molecule has 1 fully saturated rings. The molecule has 7 heteroatoms. The summed E-state index contributed by atoms with van der Waals surface area (Å²) in [6, 6.07) is 20.1. The Kier molecular flexibility index (Phi) is 5.86. The average molecular weight is 464 g/mol. The first kappa shape index (κ1) is 22.2. The number of para-hydroxylation sites is 1. The summed E-state index contributed by atoms with van der Waals surface area (Å²) in [5.74, 6) is 0.191. The first-order chi connectivity index (χ1) is 16.4. The van der Waals surface area contributed by atoms with Crippen molar-refractivity contribution in [2.24, 2.45) is 0 Å². The van der Waals surface area contributed by atoms with Gasteiger partial charge in [-0.2, -0.15) is 18.3 Å². The van der Waals surface area contributed by atoms with E-state index < -0.39 is 17.5 Å². The van der Waals surface area contributed by atoms with Gasteiger partial charge in [-0.15, -0.1) is 0 Å². The number of hydrogen-bond acceptors (Lipinski definition) is 3. The van der Waals surface area contributed by atoms with Gasteiger partial charge in [-0.25, -0.2) is 0 Å². The molecule has 5 rings (SSSR count). The lowest BCUT2D eigenvalue weighted by molar-refractivity contribution is -0.136. The number of ketones is 1. The largest absolute Gasteiger partial charge is 0.489 e. The molecule has 0 saturated heterocycles. The minimum atomic E-state index is -4.53. The van der Waals surface area contributed by atoms with Crippen LogP contribution < -0.4 is 4.74 Å². The third kappa shape index (κ3) is 4.30. The van der Waals surface area contributed by atoms with Crippen molar-refractivity contribution in [3.05, 3.63) is 95.2 Å². The van der Waals surface area contributed by atoms with E-state index in [9.17, 15) is 18.0 Å². The summed E-state index contributed by atoms with van der Waals surface area (Å²) in [6.45, 7) is 0.394. The Morgan fingerprint density at radius 1 is 0.941 bits per heavy atom. The van der Waals surface area contributed by atoms with Crippen molar-refractivity contribution >= 4 is 16.7 Å². The molecule has 1 aromatic heterocycles. The molecule has 1 heterocycles. The number of rotatable bonds is 6. The van der Waals surface area contributed by atoms with Crippen LogP contribution in [0.2, 0.25) is 0 Å². The molecule has 0 amide bonds. The van der Waals surface area contributed by atoms with Crippen LogP contribution in [0.25, 0.3) is 10.9 Å². The van der Waals surface area contributed by atoms with Crippen molar-refractivity contribution in [2.75, 3.05) is 0 Å². The Balaban J connectivity index is 1.47. The second-order valence-corrected chi connectivity index (χ2v) is 8.56. The van der Waals surface area contributed by atoms with Crippen LogP contribution in [0.5, 0.6) is 5.75 Å². The number of halogens is 3. The van der Waals surface area contributed by atoms with Crippen molar-refractivity contribution in [2.45, 2.75) is 44.5 Å². The zero-order chi connectivity index (χ0) is 23.7. The molecule has 0 radical (unpaired) electrons. The number of nitrogens with zero attached hydrogens (tertiary/aromatic N) is 2. The van der Waals surface area contributed by atoms with Crippen LogP contribution in [0.1, 0.15) is 58.9 Å². The smallest absolute Gasteiger partial charge is 0.418 e. The first-order valence-electron chi connectivity index (χ1n) is 11.3. The summed E-state index contributed by atoms with van der Waals surface area (Å²) in [6.07, 6.45) is -1.15. The topological polar surface area (TPSA) is 44.1 Å². The highest BCUT2D eigenvalue weighted by atomic mass is 19.4. The van der Waals surface area contributed by atoms with E-state index in [1.807, 2.05) is 30.3 Å². The van der Waals surface area contributed by atoms with Gasteiger partial charge in [-0.3, -0.25) is 9.48 Å². The fraction of sp³-hybridized carbons (Fsp3) is 0.259. The van der Waals surface area contributed by atoms with E-state index in [1.165, 1.54) is 10.7 Å². The fourth-order valence-electron chi connectivity index (χ4n) is 4.58. The van der Waals surface area contributed by atoms with E-state index in [-0.39, 0.29) is 22.6 Å². The minimum Gasteiger partial charge on any atom is -0.489 e. The van der Waals surface area contributed by atoms with Gasteiger partial charge in [0, 0.05) is 10.9 Å². The monoisotopic (exact) mass is 464 g/mol. The van der Waals surface area contributed by atoms with E-state index >= 15 is 0 Å². The number of carbonyl (C=O) groups is 1. The molecular weight excluding hydrogens is 441 g/mol. The molecule has 0 atom stereocenters. The van der Waals surface area contributed by atoms with Crippen LogP contribution in [-0.4, -0.2) is 15.6 Å². The van der Waals surface area contributed by atoms with Gasteiger partial charge >= 0.3 is 6.18 Å². The van der Waals surface area contributed by atoms with Gasteiger partial charge in [0.1, 0.15) is 18.1 Å². The van der Waals surface area contributed by atoms with Crippen LogP contribution in [0.3, 0.4) is 0 Å². The highest BCUT2D eigenvalue weighted by Crippen LogP contribution is 2.40. The summed E-state index contributed by atoms with van der Waals surface area (Å²) in [5, 5.41) is 4.69. The summed E-state index contributed by atoms with van der Waals surface area (Å²) in [5.41, 5.74) is 0.654. The first-order valence-corrected chi connectivity index (χ1v) is 11.3. The Hall–Kier alpha value is -3.61. The zero-order valence-electron chi connectivity index (χ0n) is 18.4. The molecule has 174 valence electrons. The quantitative estimate of drug-likeness (QED) is 0.289. The zero-order valence-corrected chi connectivity index (χ0v) is 18.4. The molecule has 4 aromatic rings. The Morgan fingerprint density at radius 3 is 2.32 bits per heavy atom. The van der Waals surface area contributed by atoms with E-state index in [0.717, 1.165) is 37.3 Å². The lowest BCUT2D eigenvalue weighted by atomic mass is 10.0. The van der Waals surface area contributed by atoms with E-state index in [1.54, 1.807) is 30.3 Å². The molecule has 0 aliphatic heterocycles. The van der Waals surface area contributed by atoms with Gasteiger partial charge in [0.25, 0.3) is 0 Å². The maximum atomic E-state index is 13.8. The van der Waals surface area contributed by atoms with E-state index in [2.05, 4.69) is 5.10 Å². The number of fused-ring (bicyclic) bond motifs is 1. The van der Waals surface area contributed by atoms with Crippen molar-refractivity contribution in [1.82, 2.24) is 9.78 Å². The predicted octanol–water partition coefficient (Wildman–Crippen LogP) is 6.98. The molecule has 1 saturated carbocycles. The molecule has 0 bridgehead atoms. The van der Waals surface area contributed by atoms with E-state index in [0.29, 0.717) is 17.9 Å². The molecule has 0 spiro atoms. The number of benzene rings is 3. The maximum Gasteiger partial charge on any atom is 0.418 e. The Bertz CT molecular complexity index is 1310. The number of aromatic nitrogens is 2. The summed E-state index contributed by atoms with van der Waals surface area (Å²) in [4.78, 5) is 13.3. The number of alkyl halides is 3. The third-order valence-corrected chi connectivity index (χ3v) is 6.28. The predicted molar refractivity (Wildman–Crippen MR) is 123 cm³/mol. The third-order valence-electron chi connectivity index (χ3n) is 6.28. The van der Waals surface area contributed by atoms with Gasteiger partial charge in [0.15, 0.2) is 0 Å². The Labute approximate surface area is 195 Å². The molecular formula is C27H23F3N2O2. The van der Waals surface area contributed by atoms with Crippen molar-refractivity contribution in [1.29, 1.82) is 0 Å². The lowest BCUT2D eigenvalue weighted by Gasteiger charge is -2.15. The van der Waals surface area contributed by atoms with Gasteiger partial charge < -0.3 is 4.74 Å². The maximum absolute atomic E-state index is 13.8. The van der Waals surface area contributed by atoms with Crippen LogP contribution >= 0.6 is 0 Å². The van der Waals surface area contributed by atoms with Crippen molar-refractivity contribution in [3.63, 3.8) is 0 Å². The van der Waals surface area contributed by atoms with E-state index in [4.69, 9.17) is 4.74 Å². The van der Waals surface area contributed by atoms with Crippen LogP contribution in [0.15, 0.2) is 72.8 Å². The van der Waals surface area contributed by atoms with Crippen LogP contribution in [0, 0.1) is 0 Å². The lowest BCUT2D eigenvalue weighted by Crippen LogP contribution is -2.12. The summed E-state index contributed by atoms with van der Waals surface area (Å²) < 4.78 is 48.7. The van der Waals surface area contributed by atoms with Crippen molar-refractivity contribution < 1.29 is 22.7 Å². The van der Waals surface area contributed by atoms with Gasteiger partial charge in [0.2, 0.25) is 5.78 Å². The SMILES string of the molecule is O=C(c1ccc(OCc2ccccc2)cc1)c1nn(C2CCCC2)c2c(C(F)(F)F)cccc12. The minimum absolute atomic E-state index is 0.00642. The van der Waals surface area contributed by atoms with Crippen molar-refractivity contribution in [3.8, 4) is 5.75 Å². The molecule has 1 aliphatic rings. The highest BCUT2D eigenvalue weighted by Gasteiger charge is 2.36. The number of carbonyl (C=O) groups excluding carboxylic acids is 1. The molecule has 3 aromatic carbocycles. The van der Waals surface area contributed by atoms with Crippen LogP contribution in [0.4, 0.5) is 13.2 Å². The van der Waals surface area contributed by atoms with Gasteiger partial charge in [-0.05, 0) is 48.7 Å². The molecule has 4 nitrogen and oxygen atoms in total. The second kappa shape index (κ2) is 8.97. The summed E-state index contributed by atoms with van der Waals surface area (Å²) in [7, 11) is 0. The molecule has 1 aliphatic carbocycles.